The van der Waals surface area contributed by atoms with E-state index in [0.717, 1.165) is 5.56 Å². The minimum absolute atomic E-state index is 0.0894. The summed E-state index contributed by atoms with van der Waals surface area (Å²) in [4.78, 5) is 16.6. The number of carbonyl (C=O) groups excluding carboxylic acids is 1. The molecular weight excluding hydrogens is 320 g/mol. The lowest BCUT2D eigenvalue weighted by Crippen LogP contribution is -2.34. The Hall–Kier alpha value is -2.18. The summed E-state index contributed by atoms with van der Waals surface area (Å²) >= 11 is 0. The van der Waals surface area contributed by atoms with Crippen LogP contribution in [-0.4, -0.2) is 36.4 Å². The molecule has 1 aliphatic heterocycles. The molecule has 0 saturated carbocycles. The molecule has 2 aromatic rings. The molecule has 6 nitrogen and oxygen atoms in total. The monoisotopic (exact) mass is 344 g/mol. The van der Waals surface area contributed by atoms with E-state index in [1.165, 1.54) is 5.56 Å². The van der Waals surface area contributed by atoms with Crippen LogP contribution in [0.5, 0.6) is 0 Å². The maximum atomic E-state index is 12.2. The van der Waals surface area contributed by atoms with Crippen molar-refractivity contribution in [2.45, 2.75) is 39.4 Å². The average Bonchev–Trinajstić information content (AvgIpc) is 3.15. The van der Waals surface area contributed by atoms with Crippen LogP contribution in [0.25, 0.3) is 11.5 Å². The van der Waals surface area contributed by atoms with Gasteiger partial charge in [-0.15, -0.1) is 0 Å². The number of nitrogens with zero attached hydrogens (tertiary/aromatic N) is 1. The molecular formula is C19H24N2O4. The van der Waals surface area contributed by atoms with Gasteiger partial charge in [-0.05, 0) is 32.9 Å². The van der Waals surface area contributed by atoms with Crippen molar-refractivity contribution in [2.75, 3.05) is 19.8 Å². The summed E-state index contributed by atoms with van der Waals surface area (Å²) in [6.07, 6.45) is 0.810. The first-order chi connectivity index (χ1) is 12.0. The van der Waals surface area contributed by atoms with Crippen LogP contribution in [0, 0.1) is 13.8 Å². The molecule has 0 bridgehead atoms. The first-order valence-corrected chi connectivity index (χ1v) is 8.53. The molecule has 6 heteroatoms. The summed E-state index contributed by atoms with van der Waals surface area (Å²) in [5.74, 6) is 0.532. The van der Waals surface area contributed by atoms with Gasteiger partial charge in [0.05, 0.1) is 25.3 Å². The molecule has 0 spiro atoms. The standard InChI is InChI=1S/C19H24N2O4/c1-13-4-6-15(7-5-13)18-21-16(14(2)25-18)12-17(22)20-9-8-19(3)23-10-11-24-19/h4-7H,8-12H2,1-3H3,(H,20,22). The van der Waals surface area contributed by atoms with Crippen molar-refractivity contribution in [3.05, 3.63) is 41.3 Å². The largest absolute Gasteiger partial charge is 0.441 e. The second-order valence-electron chi connectivity index (χ2n) is 6.50. The van der Waals surface area contributed by atoms with E-state index < -0.39 is 5.79 Å². The maximum Gasteiger partial charge on any atom is 0.226 e. The number of oxazole rings is 1. The molecule has 0 aliphatic carbocycles. The van der Waals surface area contributed by atoms with E-state index in [-0.39, 0.29) is 12.3 Å². The molecule has 134 valence electrons. The number of aryl methyl sites for hydroxylation is 2. The number of rotatable bonds is 6. The Morgan fingerprint density at radius 2 is 1.88 bits per heavy atom. The molecule has 0 unspecified atom stereocenters. The maximum absolute atomic E-state index is 12.2. The van der Waals surface area contributed by atoms with Crippen molar-refractivity contribution >= 4 is 5.91 Å². The Kier molecular flexibility index (Phi) is 5.20. The SMILES string of the molecule is Cc1ccc(-c2nc(CC(=O)NCCC3(C)OCCO3)c(C)o2)cc1. The van der Waals surface area contributed by atoms with Gasteiger partial charge >= 0.3 is 0 Å². The fourth-order valence-electron chi connectivity index (χ4n) is 2.76. The van der Waals surface area contributed by atoms with E-state index >= 15 is 0 Å². The van der Waals surface area contributed by atoms with Gasteiger partial charge < -0.3 is 19.2 Å². The Morgan fingerprint density at radius 1 is 1.20 bits per heavy atom. The Labute approximate surface area is 147 Å². The zero-order chi connectivity index (χ0) is 17.9. The van der Waals surface area contributed by atoms with Gasteiger partial charge in [-0.1, -0.05) is 17.7 Å². The third kappa shape index (κ3) is 4.46. The van der Waals surface area contributed by atoms with E-state index in [4.69, 9.17) is 13.9 Å². The average molecular weight is 344 g/mol. The van der Waals surface area contributed by atoms with Crippen LogP contribution in [0.15, 0.2) is 28.7 Å². The summed E-state index contributed by atoms with van der Waals surface area (Å²) < 4.78 is 16.8. The van der Waals surface area contributed by atoms with Crippen molar-refractivity contribution in [3.63, 3.8) is 0 Å². The third-order valence-corrected chi connectivity index (χ3v) is 4.32. The molecule has 2 heterocycles. The fraction of sp³-hybridized carbons (Fsp3) is 0.474. The molecule has 1 N–H and O–H groups in total. The van der Waals surface area contributed by atoms with Gasteiger partial charge in [-0.25, -0.2) is 4.98 Å². The topological polar surface area (TPSA) is 73.6 Å². The molecule has 0 radical (unpaired) electrons. The van der Waals surface area contributed by atoms with E-state index in [2.05, 4.69) is 10.3 Å². The Morgan fingerprint density at radius 3 is 2.56 bits per heavy atom. The lowest BCUT2D eigenvalue weighted by molar-refractivity contribution is -0.146. The number of nitrogens with one attached hydrogen (secondary N) is 1. The van der Waals surface area contributed by atoms with Crippen LogP contribution in [0.4, 0.5) is 0 Å². The summed E-state index contributed by atoms with van der Waals surface area (Å²) in [5, 5.41) is 2.89. The fourth-order valence-corrected chi connectivity index (χ4v) is 2.76. The highest BCUT2D eigenvalue weighted by Gasteiger charge is 2.30. The van der Waals surface area contributed by atoms with Crippen LogP contribution >= 0.6 is 0 Å². The smallest absolute Gasteiger partial charge is 0.226 e. The van der Waals surface area contributed by atoms with Crippen molar-refractivity contribution in [1.82, 2.24) is 10.3 Å². The van der Waals surface area contributed by atoms with Crippen molar-refractivity contribution in [1.29, 1.82) is 0 Å². The van der Waals surface area contributed by atoms with E-state index in [1.54, 1.807) is 0 Å². The van der Waals surface area contributed by atoms with Crippen molar-refractivity contribution in [3.8, 4) is 11.5 Å². The summed E-state index contributed by atoms with van der Waals surface area (Å²) in [7, 11) is 0. The number of amides is 1. The molecule has 0 atom stereocenters. The molecule has 25 heavy (non-hydrogen) atoms. The summed E-state index contributed by atoms with van der Waals surface area (Å²) in [6, 6.07) is 7.95. The molecule has 3 rings (SSSR count). The molecule has 1 fully saturated rings. The number of hydrogen-bond acceptors (Lipinski definition) is 5. The van der Waals surface area contributed by atoms with Gasteiger partial charge in [0.15, 0.2) is 5.79 Å². The highest BCUT2D eigenvalue weighted by molar-refractivity contribution is 5.78. The van der Waals surface area contributed by atoms with Gasteiger partial charge in [0.1, 0.15) is 5.76 Å². The van der Waals surface area contributed by atoms with Gasteiger partial charge in [0.25, 0.3) is 0 Å². The predicted molar refractivity (Wildman–Crippen MR) is 93.1 cm³/mol. The molecule has 1 aliphatic rings. The lowest BCUT2D eigenvalue weighted by atomic mass is 10.1. The normalized spacial score (nSPS) is 16.1. The highest BCUT2D eigenvalue weighted by Crippen LogP contribution is 2.23. The second-order valence-corrected chi connectivity index (χ2v) is 6.50. The minimum Gasteiger partial charge on any atom is -0.441 e. The van der Waals surface area contributed by atoms with E-state index in [1.807, 2.05) is 45.0 Å². The Bertz CT molecular complexity index is 730. The number of carbonyl (C=O) groups is 1. The van der Waals surface area contributed by atoms with Crippen LogP contribution < -0.4 is 5.32 Å². The quantitative estimate of drug-likeness (QED) is 0.872. The van der Waals surface area contributed by atoms with Gasteiger partial charge in [0, 0.05) is 18.5 Å². The van der Waals surface area contributed by atoms with Crippen LogP contribution in [0.3, 0.4) is 0 Å². The van der Waals surface area contributed by atoms with Crippen LogP contribution in [0.1, 0.15) is 30.4 Å². The minimum atomic E-state index is -0.588. The third-order valence-electron chi connectivity index (χ3n) is 4.32. The molecule has 1 amide bonds. The number of aromatic nitrogens is 1. The Balaban J connectivity index is 1.55. The van der Waals surface area contributed by atoms with Crippen LogP contribution in [-0.2, 0) is 20.7 Å². The summed E-state index contributed by atoms with van der Waals surface area (Å²) in [6.45, 7) is 7.45. The van der Waals surface area contributed by atoms with Gasteiger partial charge in [0.2, 0.25) is 11.8 Å². The van der Waals surface area contributed by atoms with Gasteiger partial charge in [-0.3, -0.25) is 4.79 Å². The zero-order valence-electron chi connectivity index (χ0n) is 14.9. The van der Waals surface area contributed by atoms with E-state index in [0.29, 0.717) is 43.5 Å². The highest BCUT2D eigenvalue weighted by atomic mass is 16.7. The van der Waals surface area contributed by atoms with Crippen molar-refractivity contribution in [2.24, 2.45) is 0 Å². The van der Waals surface area contributed by atoms with E-state index in [9.17, 15) is 4.79 Å². The number of hydrogen-bond donors (Lipinski definition) is 1. The van der Waals surface area contributed by atoms with Crippen LogP contribution in [0.2, 0.25) is 0 Å². The summed E-state index contributed by atoms with van der Waals surface area (Å²) in [5.41, 5.74) is 2.74. The zero-order valence-corrected chi connectivity index (χ0v) is 14.9. The molecule has 1 saturated heterocycles. The first kappa shape index (κ1) is 17.6. The molecule has 1 aromatic carbocycles. The van der Waals surface area contributed by atoms with Crippen molar-refractivity contribution < 1.29 is 18.7 Å². The predicted octanol–water partition coefficient (Wildman–Crippen LogP) is 2.77. The number of benzene rings is 1. The molecule has 1 aromatic heterocycles. The lowest BCUT2D eigenvalue weighted by Gasteiger charge is -2.22. The van der Waals surface area contributed by atoms with Gasteiger partial charge in [-0.2, -0.15) is 0 Å². The second kappa shape index (κ2) is 7.37. The first-order valence-electron chi connectivity index (χ1n) is 8.53. The number of ether oxygens (including phenoxy) is 2.